The van der Waals surface area contributed by atoms with Crippen LogP contribution in [0.5, 0.6) is 5.75 Å². The fraction of sp³-hybridized carbons (Fsp3) is 0.316. The summed E-state index contributed by atoms with van der Waals surface area (Å²) in [5, 5.41) is 3.58. The second kappa shape index (κ2) is 8.60. The van der Waals surface area contributed by atoms with Crippen LogP contribution < -0.4 is 15.0 Å². The molecule has 0 heterocycles. The van der Waals surface area contributed by atoms with Gasteiger partial charge in [0.25, 0.3) is 5.91 Å². The van der Waals surface area contributed by atoms with Crippen LogP contribution in [0.2, 0.25) is 5.02 Å². The lowest BCUT2D eigenvalue weighted by Gasteiger charge is -2.20. The molecule has 0 radical (unpaired) electrons. The summed E-state index contributed by atoms with van der Waals surface area (Å²) in [5.41, 5.74) is 2.04. The third-order valence-electron chi connectivity index (χ3n) is 3.75. The molecule has 0 aliphatic rings. The number of rotatable bonds is 7. The molecule has 1 N–H and O–H groups in total. The van der Waals surface area contributed by atoms with Gasteiger partial charge in [-0.15, -0.1) is 0 Å². The van der Waals surface area contributed by atoms with Crippen LogP contribution in [0.4, 0.5) is 5.69 Å². The Hall–Kier alpha value is -2.20. The molecule has 5 heteroatoms. The molecule has 1 amide bonds. The normalized spacial score (nSPS) is 11.7. The van der Waals surface area contributed by atoms with Gasteiger partial charge >= 0.3 is 0 Å². The van der Waals surface area contributed by atoms with Gasteiger partial charge in [-0.1, -0.05) is 29.8 Å². The average molecular weight is 347 g/mol. The van der Waals surface area contributed by atoms with Crippen molar-refractivity contribution in [2.45, 2.75) is 20.0 Å². The van der Waals surface area contributed by atoms with Crippen LogP contribution in [-0.4, -0.2) is 32.1 Å². The molecule has 0 aliphatic heterocycles. The second-order valence-electron chi connectivity index (χ2n) is 5.72. The number of hydrogen-bond donors (Lipinski definition) is 1. The van der Waals surface area contributed by atoms with Crippen LogP contribution in [0.1, 0.15) is 12.5 Å². The maximum Gasteiger partial charge on any atom is 0.260 e. The third-order valence-corrected chi connectivity index (χ3v) is 4.18. The molecule has 0 bridgehead atoms. The molecule has 2 aromatic carbocycles. The smallest absolute Gasteiger partial charge is 0.260 e. The highest BCUT2D eigenvalue weighted by atomic mass is 35.5. The Labute approximate surface area is 148 Å². The Kier molecular flexibility index (Phi) is 6.50. The Morgan fingerprint density at radius 1 is 1.25 bits per heavy atom. The molecule has 2 rings (SSSR count). The highest BCUT2D eigenvalue weighted by Gasteiger charge is 2.14. The number of nitrogens with zero attached hydrogens (tertiary/aromatic N) is 1. The Morgan fingerprint density at radius 2 is 1.96 bits per heavy atom. The minimum absolute atomic E-state index is 0.135. The van der Waals surface area contributed by atoms with Crippen molar-refractivity contribution < 1.29 is 9.53 Å². The minimum Gasteiger partial charge on any atom is -0.481 e. The number of nitrogens with one attached hydrogen (secondary N) is 1. The number of halogens is 1. The number of amides is 1. The molecule has 0 saturated carbocycles. The van der Waals surface area contributed by atoms with E-state index < -0.39 is 6.10 Å². The molecular weight excluding hydrogens is 324 g/mol. The molecule has 2 aromatic rings. The maximum absolute atomic E-state index is 12.1. The zero-order valence-corrected chi connectivity index (χ0v) is 15.0. The number of anilines is 1. The summed E-state index contributed by atoms with van der Waals surface area (Å²) in [4.78, 5) is 14.2. The summed E-state index contributed by atoms with van der Waals surface area (Å²) in [6.45, 7) is 4.92. The standard InChI is InChI=1S/C19H23ClN2O2/c1-14-13-17(9-10-18(14)20)24-15(2)19(23)21-11-12-22(3)16-7-5-4-6-8-16/h4-10,13,15H,11-12H2,1-3H3,(H,21,23)/t15-/m0/s1. The summed E-state index contributed by atoms with van der Waals surface area (Å²) in [7, 11) is 2.00. The minimum atomic E-state index is -0.562. The van der Waals surface area contributed by atoms with Gasteiger partial charge in [0.15, 0.2) is 6.10 Å². The predicted octanol–water partition coefficient (Wildman–Crippen LogP) is 3.67. The number of aryl methyl sites for hydroxylation is 1. The lowest BCUT2D eigenvalue weighted by atomic mass is 10.2. The van der Waals surface area contributed by atoms with Gasteiger partial charge in [-0.3, -0.25) is 4.79 Å². The van der Waals surface area contributed by atoms with Crippen LogP contribution >= 0.6 is 11.6 Å². The van der Waals surface area contributed by atoms with Crippen molar-refractivity contribution in [3.05, 3.63) is 59.1 Å². The Bertz CT molecular complexity index is 676. The zero-order chi connectivity index (χ0) is 17.5. The topological polar surface area (TPSA) is 41.6 Å². The summed E-state index contributed by atoms with van der Waals surface area (Å²) < 4.78 is 5.67. The van der Waals surface area contributed by atoms with Crippen LogP contribution in [0.25, 0.3) is 0 Å². The van der Waals surface area contributed by atoms with E-state index in [9.17, 15) is 4.79 Å². The van der Waals surface area contributed by atoms with Crippen molar-refractivity contribution in [3.63, 3.8) is 0 Å². The maximum atomic E-state index is 12.1. The van der Waals surface area contributed by atoms with Crippen molar-refractivity contribution in [1.82, 2.24) is 5.32 Å². The van der Waals surface area contributed by atoms with Crippen LogP contribution in [-0.2, 0) is 4.79 Å². The van der Waals surface area contributed by atoms with Gasteiger partial charge < -0.3 is 15.0 Å². The molecule has 0 unspecified atom stereocenters. The van der Waals surface area contributed by atoms with Gasteiger partial charge in [-0.05, 0) is 49.7 Å². The quantitative estimate of drug-likeness (QED) is 0.831. The molecular formula is C19H23ClN2O2. The third kappa shape index (κ3) is 5.17. The number of carbonyl (C=O) groups excluding carboxylic acids is 1. The van der Waals surface area contributed by atoms with Crippen LogP contribution in [0, 0.1) is 6.92 Å². The second-order valence-corrected chi connectivity index (χ2v) is 6.13. The zero-order valence-electron chi connectivity index (χ0n) is 14.3. The molecule has 24 heavy (non-hydrogen) atoms. The molecule has 0 spiro atoms. The number of para-hydroxylation sites is 1. The highest BCUT2D eigenvalue weighted by Crippen LogP contribution is 2.21. The first-order chi connectivity index (χ1) is 11.5. The van der Waals surface area contributed by atoms with Crippen molar-refractivity contribution >= 4 is 23.2 Å². The molecule has 128 valence electrons. The predicted molar refractivity (Wildman–Crippen MR) is 99.0 cm³/mol. The summed E-state index contributed by atoms with van der Waals surface area (Å²) in [5.74, 6) is 0.505. The summed E-state index contributed by atoms with van der Waals surface area (Å²) >= 11 is 5.99. The van der Waals surface area contributed by atoms with E-state index in [2.05, 4.69) is 10.2 Å². The first-order valence-electron chi connectivity index (χ1n) is 7.94. The van der Waals surface area contributed by atoms with Crippen LogP contribution in [0.15, 0.2) is 48.5 Å². The van der Waals surface area contributed by atoms with E-state index in [1.165, 1.54) is 0 Å². The molecule has 0 aromatic heterocycles. The number of ether oxygens (including phenoxy) is 1. The van der Waals surface area contributed by atoms with E-state index in [0.29, 0.717) is 17.3 Å². The molecule has 1 atom stereocenters. The first kappa shape index (κ1) is 18.1. The van der Waals surface area contributed by atoms with Gasteiger partial charge in [-0.2, -0.15) is 0 Å². The fourth-order valence-electron chi connectivity index (χ4n) is 2.25. The van der Waals surface area contributed by atoms with Gasteiger partial charge in [0, 0.05) is 30.8 Å². The van der Waals surface area contributed by atoms with Gasteiger partial charge in [-0.25, -0.2) is 0 Å². The average Bonchev–Trinajstić information content (AvgIpc) is 2.58. The fourth-order valence-corrected chi connectivity index (χ4v) is 2.37. The largest absolute Gasteiger partial charge is 0.481 e. The van der Waals surface area contributed by atoms with Crippen molar-refractivity contribution in [2.75, 3.05) is 25.0 Å². The number of carbonyl (C=O) groups is 1. The van der Waals surface area contributed by atoms with Gasteiger partial charge in [0.2, 0.25) is 0 Å². The van der Waals surface area contributed by atoms with E-state index in [4.69, 9.17) is 16.3 Å². The number of benzene rings is 2. The molecule has 0 fully saturated rings. The van der Waals surface area contributed by atoms with Crippen molar-refractivity contribution in [2.24, 2.45) is 0 Å². The number of hydrogen-bond acceptors (Lipinski definition) is 3. The van der Waals surface area contributed by atoms with Crippen molar-refractivity contribution in [3.8, 4) is 5.75 Å². The van der Waals surface area contributed by atoms with Gasteiger partial charge in [0.1, 0.15) is 5.75 Å². The summed E-state index contributed by atoms with van der Waals surface area (Å²) in [6, 6.07) is 15.4. The van der Waals surface area contributed by atoms with E-state index >= 15 is 0 Å². The van der Waals surface area contributed by atoms with E-state index in [1.54, 1.807) is 19.1 Å². The Morgan fingerprint density at radius 3 is 2.62 bits per heavy atom. The molecule has 4 nitrogen and oxygen atoms in total. The van der Waals surface area contributed by atoms with Gasteiger partial charge in [0.05, 0.1) is 0 Å². The van der Waals surface area contributed by atoms with Crippen molar-refractivity contribution in [1.29, 1.82) is 0 Å². The highest BCUT2D eigenvalue weighted by molar-refractivity contribution is 6.31. The monoisotopic (exact) mass is 346 g/mol. The van der Waals surface area contributed by atoms with E-state index in [0.717, 1.165) is 17.8 Å². The molecule has 0 aliphatic carbocycles. The lowest BCUT2D eigenvalue weighted by Crippen LogP contribution is -2.40. The number of likely N-dealkylation sites (N-methyl/N-ethyl adjacent to an activating group) is 1. The summed E-state index contributed by atoms with van der Waals surface area (Å²) in [6.07, 6.45) is -0.562. The van der Waals surface area contributed by atoms with E-state index in [-0.39, 0.29) is 5.91 Å². The Balaban J connectivity index is 1.78. The SMILES string of the molecule is Cc1cc(O[C@@H](C)C(=O)NCCN(C)c2ccccc2)ccc1Cl. The lowest BCUT2D eigenvalue weighted by molar-refractivity contribution is -0.127. The van der Waals surface area contributed by atoms with E-state index in [1.807, 2.05) is 50.4 Å². The van der Waals surface area contributed by atoms with Crippen LogP contribution in [0.3, 0.4) is 0 Å². The first-order valence-corrected chi connectivity index (χ1v) is 8.32. The molecule has 0 saturated heterocycles.